The first-order valence-electron chi connectivity index (χ1n) is 8.83. The molecule has 0 atom stereocenters. The standard InChI is InChI=1S/C19H24F2N2O3/c20-17-4-3-16(19(18(17)21)26-12-11-24-8-5-22)14-1-2-15(13-14)23-6-9-25-10-7-23/h1,3-4,13H,2,5-12,22H2. The highest BCUT2D eigenvalue weighted by Gasteiger charge is 2.22. The molecule has 2 N–H and O–H groups in total. The van der Waals surface area contributed by atoms with E-state index in [0.717, 1.165) is 36.8 Å². The molecule has 7 heteroatoms. The van der Waals surface area contributed by atoms with Gasteiger partial charge in [0.25, 0.3) is 0 Å². The quantitative estimate of drug-likeness (QED) is 0.716. The van der Waals surface area contributed by atoms with Gasteiger partial charge >= 0.3 is 0 Å². The molecule has 3 rings (SSSR count). The van der Waals surface area contributed by atoms with E-state index in [9.17, 15) is 8.78 Å². The van der Waals surface area contributed by atoms with E-state index in [0.29, 0.717) is 31.9 Å². The van der Waals surface area contributed by atoms with Crippen molar-refractivity contribution in [3.63, 3.8) is 0 Å². The molecule has 142 valence electrons. The number of hydrogen-bond donors (Lipinski definition) is 1. The van der Waals surface area contributed by atoms with E-state index in [1.54, 1.807) is 6.07 Å². The average molecular weight is 366 g/mol. The maximum absolute atomic E-state index is 14.3. The molecule has 0 saturated carbocycles. The number of hydrogen-bond acceptors (Lipinski definition) is 5. The fourth-order valence-electron chi connectivity index (χ4n) is 3.06. The summed E-state index contributed by atoms with van der Waals surface area (Å²) in [6.45, 7) is 4.28. The Morgan fingerprint density at radius 3 is 2.69 bits per heavy atom. The van der Waals surface area contributed by atoms with Crippen molar-refractivity contribution in [3.05, 3.63) is 47.2 Å². The van der Waals surface area contributed by atoms with Gasteiger partial charge in [-0.2, -0.15) is 4.39 Å². The zero-order valence-electron chi connectivity index (χ0n) is 14.7. The SMILES string of the molecule is NCCOCCOc1c(C2=CCC(N3CCOCC3)=C2)ccc(F)c1F. The second-order valence-corrected chi connectivity index (χ2v) is 6.09. The maximum Gasteiger partial charge on any atom is 0.201 e. The van der Waals surface area contributed by atoms with Gasteiger partial charge in [-0.1, -0.05) is 6.08 Å². The molecule has 1 aromatic carbocycles. The molecule has 2 aliphatic rings. The highest BCUT2D eigenvalue weighted by molar-refractivity contribution is 5.80. The molecule has 0 spiro atoms. The first kappa shape index (κ1) is 18.8. The van der Waals surface area contributed by atoms with E-state index in [4.69, 9.17) is 19.9 Å². The molecule has 26 heavy (non-hydrogen) atoms. The Morgan fingerprint density at radius 2 is 1.92 bits per heavy atom. The van der Waals surface area contributed by atoms with Gasteiger partial charge in [-0.3, -0.25) is 0 Å². The van der Waals surface area contributed by atoms with Crippen molar-refractivity contribution >= 4 is 5.57 Å². The Morgan fingerprint density at radius 1 is 1.12 bits per heavy atom. The van der Waals surface area contributed by atoms with Crippen LogP contribution in [0.4, 0.5) is 8.78 Å². The third-order valence-corrected chi connectivity index (χ3v) is 4.37. The average Bonchev–Trinajstić information content (AvgIpc) is 3.15. The van der Waals surface area contributed by atoms with Crippen LogP contribution in [0.2, 0.25) is 0 Å². The molecule has 1 fully saturated rings. The van der Waals surface area contributed by atoms with E-state index < -0.39 is 11.6 Å². The lowest BCUT2D eigenvalue weighted by atomic mass is 10.1. The predicted octanol–water partition coefficient (Wildman–Crippen LogP) is 2.32. The Hall–Kier alpha value is -1.96. The molecule has 1 heterocycles. The fraction of sp³-hybridized carbons (Fsp3) is 0.474. The number of morpholine rings is 1. The van der Waals surface area contributed by atoms with Crippen LogP contribution in [0.3, 0.4) is 0 Å². The van der Waals surface area contributed by atoms with Crippen LogP contribution in [-0.2, 0) is 9.47 Å². The molecule has 5 nitrogen and oxygen atoms in total. The fourth-order valence-corrected chi connectivity index (χ4v) is 3.06. The Balaban J connectivity index is 1.74. The van der Waals surface area contributed by atoms with Crippen molar-refractivity contribution in [1.82, 2.24) is 4.90 Å². The molecule has 1 aliphatic heterocycles. The van der Waals surface area contributed by atoms with Gasteiger partial charge in [0.2, 0.25) is 5.82 Å². The largest absolute Gasteiger partial charge is 0.487 e. The van der Waals surface area contributed by atoms with Gasteiger partial charge < -0.3 is 24.8 Å². The molecule has 1 saturated heterocycles. The third-order valence-electron chi connectivity index (χ3n) is 4.37. The summed E-state index contributed by atoms with van der Waals surface area (Å²) in [5.41, 5.74) is 7.89. The minimum absolute atomic E-state index is 0.0768. The van der Waals surface area contributed by atoms with Crippen LogP contribution in [0, 0.1) is 11.6 Å². The minimum atomic E-state index is -0.976. The lowest BCUT2D eigenvalue weighted by Crippen LogP contribution is -2.35. The monoisotopic (exact) mass is 366 g/mol. The Labute approximate surface area is 152 Å². The smallest absolute Gasteiger partial charge is 0.201 e. The van der Waals surface area contributed by atoms with Crippen LogP contribution >= 0.6 is 0 Å². The van der Waals surface area contributed by atoms with Crippen molar-refractivity contribution in [2.75, 3.05) is 52.7 Å². The van der Waals surface area contributed by atoms with Crippen LogP contribution in [0.5, 0.6) is 5.75 Å². The highest BCUT2D eigenvalue weighted by Crippen LogP contribution is 2.36. The van der Waals surface area contributed by atoms with Crippen LogP contribution < -0.4 is 10.5 Å². The second kappa shape index (κ2) is 9.12. The van der Waals surface area contributed by atoms with Gasteiger partial charge in [0, 0.05) is 37.3 Å². The van der Waals surface area contributed by atoms with Gasteiger partial charge in [0.15, 0.2) is 11.6 Å². The summed E-state index contributed by atoms with van der Waals surface area (Å²) in [6, 6.07) is 2.68. The number of allylic oxidation sites excluding steroid dienone is 3. The molecule has 0 aromatic heterocycles. The summed E-state index contributed by atoms with van der Waals surface area (Å²) in [7, 11) is 0. The molecule has 0 amide bonds. The minimum Gasteiger partial charge on any atom is -0.487 e. The zero-order chi connectivity index (χ0) is 18.4. The highest BCUT2D eigenvalue weighted by atomic mass is 19.2. The van der Waals surface area contributed by atoms with Crippen LogP contribution in [0.15, 0.2) is 30.0 Å². The summed E-state index contributed by atoms with van der Waals surface area (Å²) in [5, 5.41) is 0. The first-order valence-corrected chi connectivity index (χ1v) is 8.83. The summed E-state index contributed by atoms with van der Waals surface area (Å²) < 4.78 is 44.1. The van der Waals surface area contributed by atoms with E-state index in [1.807, 2.05) is 12.2 Å². The summed E-state index contributed by atoms with van der Waals surface area (Å²) >= 11 is 0. The number of halogens is 2. The number of ether oxygens (including phenoxy) is 3. The zero-order valence-corrected chi connectivity index (χ0v) is 14.7. The lowest BCUT2D eigenvalue weighted by molar-refractivity contribution is 0.0530. The molecule has 0 unspecified atom stereocenters. The summed E-state index contributed by atoms with van der Waals surface area (Å²) in [4.78, 5) is 2.26. The summed E-state index contributed by atoms with van der Waals surface area (Å²) in [6.07, 6.45) is 4.78. The second-order valence-electron chi connectivity index (χ2n) is 6.09. The van der Waals surface area contributed by atoms with Crippen molar-refractivity contribution in [2.45, 2.75) is 6.42 Å². The van der Waals surface area contributed by atoms with Gasteiger partial charge in [-0.25, -0.2) is 4.39 Å². The number of nitrogens with two attached hydrogens (primary N) is 1. The number of rotatable bonds is 8. The topological polar surface area (TPSA) is 57.0 Å². The first-order chi connectivity index (χ1) is 12.7. The van der Waals surface area contributed by atoms with E-state index in [2.05, 4.69) is 4.90 Å². The van der Waals surface area contributed by atoms with Gasteiger partial charge in [-0.15, -0.1) is 0 Å². The number of benzene rings is 1. The van der Waals surface area contributed by atoms with Crippen LogP contribution in [0.25, 0.3) is 5.57 Å². The van der Waals surface area contributed by atoms with Crippen LogP contribution in [-0.4, -0.2) is 57.6 Å². The van der Waals surface area contributed by atoms with Crippen molar-refractivity contribution in [3.8, 4) is 5.75 Å². The maximum atomic E-state index is 14.3. The number of nitrogens with zero attached hydrogens (tertiary/aromatic N) is 1. The lowest BCUT2D eigenvalue weighted by Gasteiger charge is -2.29. The molecular weight excluding hydrogens is 342 g/mol. The predicted molar refractivity (Wildman–Crippen MR) is 94.8 cm³/mol. The van der Waals surface area contributed by atoms with E-state index >= 15 is 0 Å². The summed E-state index contributed by atoms with van der Waals surface area (Å²) in [5.74, 6) is -1.98. The van der Waals surface area contributed by atoms with E-state index in [1.165, 1.54) is 0 Å². The normalized spacial score (nSPS) is 17.3. The Bertz CT molecular complexity index is 686. The molecule has 1 aliphatic carbocycles. The third kappa shape index (κ3) is 4.41. The Kier molecular flexibility index (Phi) is 6.60. The van der Waals surface area contributed by atoms with Crippen molar-refractivity contribution in [2.24, 2.45) is 5.73 Å². The van der Waals surface area contributed by atoms with Crippen LogP contribution in [0.1, 0.15) is 12.0 Å². The van der Waals surface area contributed by atoms with Gasteiger partial charge in [0.1, 0.15) is 6.61 Å². The molecular formula is C19H24F2N2O3. The van der Waals surface area contributed by atoms with Crippen molar-refractivity contribution in [1.29, 1.82) is 0 Å². The van der Waals surface area contributed by atoms with Gasteiger partial charge in [0.05, 0.1) is 26.4 Å². The molecule has 0 radical (unpaired) electrons. The molecule has 1 aromatic rings. The van der Waals surface area contributed by atoms with Crippen molar-refractivity contribution < 1.29 is 23.0 Å². The molecule has 0 bridgehead atoms. The van der Waals surface area contributed by atoms with Gasteiger partial charge in [-0.05, 0) is 23.8 Å². The van der Waals surface area contributed by atoms with E-state index in [-0.39, 0.29) is 19.0 Å².